The summed E-state index contributed by atoms with van der Waals surface area (Å²) in [5, 5.41) is 0. The van der Waals surface area contributed by atoms with E-state index in [0.717, 1.165) is 25.3 Å². The molecular formula is C20H26N4. The van der Waals surface area contributed by atoms with E-state index in [1.54, 1.807) is 12.4 Å². The zero-order valence-electron chi connectivity index (χ0n) is 14.3. The Kier molecular flexibility index (Phi) is 4.48. The molecule has 0 saturated carbocycles. The van der Waals surface area contributed by atoms with Gasteiger partial charge in [0, 0.05) is 44.0 Å². The number of rotatable bonds is 4. The number of hydrogen-bond donors (Lipinski definition) is 0. The van der Waals surface area contributed by atoms with Crippen LogP contribution in [0.1, 0.15) is 24.8 Å². The van der Waals surface area contributed by atoms with Gasteiger partial charge < -0.3 is 9.80 Å². The van der Waals surface area contributed by atoms with Crippen LogP contribution in [0.5, 0.6) is 0 Å². The molecule has 4 heteroatoms. The maximum absolute atomic E-state index is 4.48. The predicted molar refractivity (Wildman–Crippen MR) is 97.1 cm³/mol. The lowest BCUT2D eigenvalue weighted by atomic mass is 9.79. The summed E-state index contributed by atoms with van der Waals surface area (Å²) in [7, 11) is 0. The third-order valence-electron chi connectivity index (χ3n) is 5.61. The Morgan fingerprint density at radius 1 is 1.00 bits per heavy atom. The van der Waals surface area contributed by atoms with E-state index in [9.17, 15) is 0 Å². The summed E-state index contributed by atoms with van der Waals surface area (Å²) in [5.41, 5.74) is 1.90. The van der Waals surface area contributed by atoms with Crippen LogP contribution in [-0.4, -0.2) is 47.6 Å². The van der Waals surface area contributed by atoms with Crippen LogP contribution in [0, 0.1) is 5.41 Å². The van der Waals surface area contributed by atoms with Gasteiger partial charge in [-0.25, -0.2) is 4.98 Å². The van der Waals surface area contributed by atoms with Gasteiger partial charge in [-0.15, -0.1) is 0 Å². The highest BCUT2D eigenvalue weighted by molar-refractivity contribution is 5.37. The Hall–Kier alpha value is -1.94. The molecule has 0 aliphatic carbocycles. The Labute approximate surface area is 144 Å². The molecule has 0 amide bonds. The van der Waals surface area contributed by atoms with E-state index < -0.39 is 0 Å². The molecule has 3 heterocycles. The maximum atomic E-state index is 4.48. The highest BCUT2D eigenvalue weighted by Crippen LogP contribution is 2.40. The van der Waals surface area contributed by atoms with Crippen molar-refractivity contribution in [3.8, 4) is 0 Å². The van der Waals surface area contributed by atoms with E-state index >= 15 is 0 Å². The van der Waals surface area contributed by atoms with Crippen molar-refractivity contribution in [1.29, 1.82) is 0 Å². The summed E-state index contributed by atoms with van der Waals surface area (Å²) < 4.78 is 0. The molecule has 126 valence electrons. The first-order valence-electron chi connectivity index (χ1n) is 9.10. The van der Waals surface area contributed by atoms with Crippen LogP contribution in [0.2, 0.25) is 0 Å². The Bertz CT molecular complexity index is 645. The fourth-order valence-corrected chi connectivity index (χ4v) is 4.35. The smallest absolute Gasteiger partial charge is 0.147 e. The first kappa shape index (κ1) is 15.6. The lowest BCUT2D eigenvalue weighted by Crippen LogP contribution is -2.45. The fourth-order valence-electron chi connectivity index (χ4n) is 4.35. The molecule has 0 N–H and O–H groups in total. The van der Waals surface area contributed by atoms with Gasteiger partial charge in [-0.2, -0.15) is 0 Å². The molecule has 2 aliphatic rings. The van der Waals surface area contributed by atoms with Crippen LogP contribution in [0.4, 0.5) is 5.82 Å². The van der Waals surface area contributed by atoms with E-state index in [-0.39, 0.29) is 0 Å². The van der Waals surface area contributed by atoms with Crippen LogP contribution >= 0.6 is 0 Å². The Balaban J connectivity index is 1.36. The number of benzene rings is 1. The van der Waals surface area contributed by atoms with E-state index in [2.05, 4.69) is 50.1 Å². The van der Waals surface area contributed by atoms with Gasteiger partial charge in [-0.1, -0.05) is 30.3 Å². The molecule has 2 fully saturated rings. The molecule has 0 radical (unpaired) electrons. The molecule has 1 aromatic carbocycles. The van der Waals surface area contributed by atoms with E-state index in [1.165, 1.54) is 44.5 Å². The third kappa shape index (κ3) is 3.44. The van der Waals surface area contributed by atoms with Crippen molar-refractivity contribution >= 4 is 5.82 Å². The third-order valence-corrected chi connectivity index (χ3v) is 5.61. The van der Waals surface area contributed by atoms with Crippen molar-refractivity contribution in [1.82, 2.24) is 14.9 Å². The zero-order valence-corrected chi connectivity index (χ0v) is 14.3. The highest BCUT2D eigenvalue weighted by Gasteiger charge is 2.41. The van der Waals surface area contributed by atoms with E-state index in [1.807, 2.05) is 6.20 Å². The molecule has 1 unspecified atom stereocenters. The number of likely N-dealkylation sites (tertiary alicyclic amines) is 1. The zero-order chi connectivity index (χ0) is 16.2. The second-order valence-electron chi connectivity index (χ2n) is 7.35. The number of nitrogens with zero attached hydrogens (tertiary/aromatic N) is 4. The highest BCUT2D eigenvalue weighted by atomic mass is 15.2. The Morgan fingerprint density at radius 2 is 1.92 bits per heavy atom. The van der Waals surface area contributed by atoms with Gasteiger partial charge in [0.15, 0.2) is 0 Å². The average molecular weight is 322 g/mol. The van der Waals surface area contributed by atoms with Crippen LogP contribution in [0.3, 0.4) is 0 Å². The van der Waals surface area contributed by atoms with Gasteiger partial charge in [0.2, 0.25) is 0 Å². The monoisotopic (exact) mass is 322 g/mol. The molecular weight excluding hydrogens is 296 g/mol. The normalized spacial score (nSPS) is 24.6. The van der Waals surface area contributed by atoms with Gasteiger partial charge in [0.25, 0.3) is 0 Å². The molecule has 1 atom stereocenters. The summed E-state index contributed by atoms with van der Waals surface area (Å²) >= 11 is 0. The van der Waals surface area contributed by atoms with Crippen LogP contribution in [0.15, 0.2) is 48.9 Å². The summed E-state index contributed by atoms with van der Waals surface area (Å²) in [5.74, 6) is 1.04. The molecule has 1 spiro atoms. The second kappa shape index (κ2) is 6.89. The second-order valence-corrected chi connectivity index (χ2v) is 7.35. The SMILES string of the molecule is c1ccc(CCN2CCCC3(CCN(c4cnccn4)C3)C2)cc1. The summed E-state index contributed by atoms with van der Waals surface area (Å²) in [4.78, 5) is 13.8. The van der Waals surface area contributed by atoms with Gasteiger partial charge in [0.1, 0.15) is 5.82 Å². The summed E-state index contributed by atoms with van der Waals surface area (Å²) in [6, 6.07) is 10.9. The quantitative estimate of drug-likeness (QED) is 0.866. The lowest BCUT2D eigenvalue weighted by molar-refractivity contribution is 0.106. The number of aromatic nitrogens is 2. The lowest BCUT2D eigenvalue weighted by Gasteiger charge is -2.40. The van der Waals surface area contributed by atoms with Crippen molar-refractivity contribution in [3.05, 3.63) is 54.5 Å². The van der Waals surface area contributed by atoms with Crippen LogP contribution in [-0.2, 0) is 6.42 Å². The molecule has 2 aromatic rings. The number of anilines is 1. The van der Waals surface area contributed by atoms with Crippen molar-refractivity contribution in [3.63, 3.8) is 0 Å². The Morgan fingerprint density at radius 3 is 2.75 bits per heavy atom. The maximum Gasteiger partial charge on any atom is 0.147 e. The topological polar surface area (TPSA) is 32.3 Å². The van der Waals surface area contributed by atoms with Gasteiger partial charge in [0.05, 0.1) is 6.20 Å². The summed E-state index contributed by atoms with van der Waals surface area (Å²) in [6.07, 6.45) is 10.6. The molecule has 0 bridgehead atoms. The number of piperidine rings is 1. The van der Waals surface area contributed by atoms with E-state index in [4.69, 9.17) is 0 Å². The minimum Gasteiger partial charge on any atom is -0.355 e. The molecule has 4 nitrogen and oxygen atoms in total. The van der Waals surface area contributed by atoms with Crippen molar-refractivity contribution < 1.29 is 0 Å². The fraction of sp³-hybridized carbons (Fsp3) is 0.500. The van der Waals surface area contributed by atoms with Crippen molar-refractivity contribution in [2.45, 2.75) is 25.7 Å². The van der Waals surface area contributed by atoms with Crippen LogP contribution in [0.25, 0.3) is 0 Å². The molecule has 24 heavy (non-hydrogen) atoms. The van der Waals surface area contributed by atoms with Gasteiger partial charge >= 0.3 is 0 Å². The van der Waals surface area contributed by atoms with Crippen molar-refractivity contribution in [2.75, 3.05) is 37.6 Å². The van der Waals surface area contributed by atoms with Crippen molar-refractivity contribution in [2.24, 2.45) is 5.41 Å². The predicted octanol–water partition coefficient (Wildman–Crippen LogP) is 3.01. The minimum atomic E-state index is 0.451. The van der Waals surface area contributed by atoms with Gasteiger partial charge in [-0.3, -0.25) is 4.98 Å². The van der Waals surface area contributed by atoms with E-state index in [0.29, 0.717) is 5.41 Å². The number of hydrogen-bond acceptors (Lipinski definition) is 4. The minimum absolute atomic E-state index is 0.451. The molecule has 2 aliphatic heterocycles. The summed E-state index contributed by atoms with van der Waals surface area (Å²) in [6.45, 7) is 5.91. The average Bonchev–Trinajstić information content (AvgIpc) is 3.05. The largest absolute Gasteiger partial charge is 0.355 e. The molecule has 4 rings (SSSR count). The first-order chi connectivity index (χ1) is 11.8. The van der Waals surface area contributed by atoms with Crippen LogP contribution < -0.4 is 4.90 Å². The standard InChI is InChI=1S/C20H26N4/c1-2-5-18(6-3-1)7-13-23-12-4-8-20(16-23)9-14-24(17-20)19-15-21-10-11-22-19/h1-3,5-6,10-11,15H,4,7-9,12-14,16-17H2. The molecule has 1 aromatic heterocycles. The molecule has 2 saturated heterocycles. The van der Waals surface area contributed by atoms with Gasteiger partial charge in [-0.05, 0) is 37.8 Å². The first-order valence-corrected chi connectivity index (χ1v) is 9.10.